The molecule has 0 aromatic heterocycles. The zero-order valence-corrected chi connectivity index (χ0v) is 12.7. The van der Waals surface area contributed by atoms with E-state index in [1.807, 2.05) is 4.90 Å². The summed E-state index contributed by atoms with van der Waals surface area (Å²) >= 11 is 0. The van der Waals surface area contributed by atoms with E-state index in [0.717, 1.165) is 32.2 Å². The van der Waals surface area contributed by atoms with Gasteiger partial charge in [-0.15, -0.1) is 0 Å². The highest BCUT2D eigenvalue weighted by Crippen LogP contribution is 2.31. The van der Waals surface area contributed by atoms with Crippen molar-refractivity contribution in [2.24, 2.45) is 5.41 Å². The van der Waals surface area contributed by atoms with Crippen molar-refractivity contribution >= 4 is 6.41 Å². The van der Waals surface area contributed by atoms with Gasteiger partial charge in [-0.05, 0) is 31.6 Å². The molecule has 0 saturated carbocycles. The summed E-state index contributed by atoms with van der Waals surface area (Å²) in [5, 5.41) is 0. The van der Waals surface area contributed by atoms with E-state index in [1.165, 1.54) is 12.8 Å². The Morgan fingerprint density at radius 3 is 1.71 bits per heavy atom. The van der Waals surface area contributed by atoms with Gasteiger partial charge in [-0.2, -0.15) is 0 Å². The normalized spacial score (nSPS) is 12.6. The van der Waals surface area contributed by atoms with E-state index in [1.54, 1.807) is 0 Å². The largest absolute Gasteiger partial charge is 0.340 e. The van der Waals surface area contributed by atoms with Crippen LogP contribution >= 0.6 is 0 Å². The smallest absolute Gasteiger partial charge is 0.210 e. The molecule has 0 radical (unpaired) electrons. The van der Waals surface area contributed by atoms with Gasteiger partial charge in [0.15, 0.2) is 0 Å². The van der Waals surface area contributed by atoms with Crippen molar-refractivity contribution in [3.63, 3.8) is 0 Å². The molecule has 0 rings (SSSR count). The summed E-state index contributed by atoms with van der Waals surface area (Å²) in [5.74, 6) is 0. The molecule has 0 aliphatic carbocycles. The predicted octanol–water partition coefficient (Wildman–Crippen LogP) is 4.24. The lowest BCUT2D eigenvalue weighted by molar-refractivity contribution is -0.124. The van der Waals surface area contributed by atoms with Gasteiger partial charge in [0.25, 0.3) is 0 Å². The van der Waals surface area contributed by atoms with Gasteiger partial charge in [-0.25, -0.2) is 0 Å². The van der Waals surface area contributed by atoms with Gasteiger partial charge in [0.1, 0.15) is 0 Å². The quantitative estimate of drug-likeness (QED) is 0.553. The van der Waals surface area contributed by atoms with E-state index >= 15 is 0 Å². The molecule has 0 saturated heterocycles. The Kier molecular flexibility index (Phi) is 6.81. The van der Waals surface area contributed by atoms with Crippen LogP contribution in [-0.2, 0) is 4.79 Å². The summed E-state index contributed by atoms with van der Waals surface area (Å²) in [6.45, 7) is 14.2. The molecule has 0 fully saturated rings. The summed E-state index contributed by atoms with van der Waals surface area (Å²) in [6, 6.07) is 0. The molecule has 1 amide bonds. The zero-order valence-electron chi connectivity index (χ0n) is 12.7. The fourth-order valence-electron chi connectivity index (χ4n) is 2.10. The van der Waals surface area contributed by atoms with Gasteiger partial charge in [0, 0.05) is 12.1 Å². The Hall–Kier alpha value is -0.530. The molecule has 0 aromatic carbocycles. The van der Waals surface area contributed by atoms with Crippen molar-refractivity contribution in [2.75, 3.05) is 6.54 Å². The number of hydrogen-bond acceptors (Lipinski definition) is 1. The van der Waals surface area contributed by atoms with Crippen molar-refractivity contribution in [3.8, 4) is 0 Å². The van der Waals surface area contributed by atoms with Crippen LogP contribution < -0.4 is 0 Å². The summed E-state index contributed by atoms with van der Waals surface area (Å²) < 4.78 is 0. The van der Waals surface area contributed by atoms with Crippen LogP contribution in [-0.4, -0.2) is 23.4 Å². The minimum atomic E-state index is 0.0319. The average Bonchev–Trinajstić information content (AvgIpc) is 2.38. The Morgan fingerprint density at radius 1 is 0.941 bits per heavy atom. The van der Waals surface area contributed by atoms with E-state index in [9.17, 15) is 4.79 Å². The van der Waals surface area contributed by atoms with Crippen molar-refractivity contribution in [1.29, 1.82) is 0 Å². The minimum Gasteiger partial charge on any atom is -0.340 e. The standard InChI is InChI=1S/C15H31NO/c1-7-14(5,8-2)11-12-16(13-17)15(6,9-3)10-4/h13H,7-12H2,1-6H3. The van der Waals surface area contributed by atoms with Gasteiger partial charge < -0.3 is 4.90 Å². The SMILES string of the molecule is CCC(C)(CC)CCN(C=O)C(C)(CC)CC. The van der Waals surface area contributed by atoms with Gasteiger partial charge in [0.2, 0.25) is 6.41 Å². The van der Waals surface area contributed by atoms with Gasteiger partial charge >= 0.3 is 0 Å². The van der Waals surface area contributed by atoms with Crippen LogP contribution in [0.3, 0.4) is 0 Å². The number of carbonyl (C=O) groups is 1. The van der Waals surface area contributed by atoms with Crippen LogP contribution in [0.25, 0.3) is 0 Å². The van der Waals surface area contributed by atoms with Crippen LogP contribution in [0.4, 0.5) is 0 Å². The Bertz CT molecular complexity index is 217. The highest BCUT2D eigenvalue weighted by molar-refractivity contribution is 5.48. The van der Waals surface area contributed by atoms with E-state index < -0.39 is 0 Å². The lowest BCUT2D eigenvalue weighted by atomic mass is 9.81. The maximum Gasteiger partial charge on any atom is 0.210 e. The molecule has 0 atom stereocenters. The number of hydrogen-bond donors (Lipinski definition) is 0. The summed E-state index contributed by atoms with van der Waals surface area (Å²) in [6.07, 6.45) is 6.57. The molecule has 0 spiro atoms. The fourth-order valence-corrected chi connectivity index (χ4v) is 2.10. The Balaban J connectivity index is 4.57. The first-order chi connectivity index (χ1) is 7.91. The van der Waals surface area contributed by atoms with E-state index in [0.29, 0.717) is 5.41 Å². The molecule has 0 bridgehead atoms. The lowest BCUT2D eigenvalue weighted by Crippen LogP contribution is -2.46. The highest BCUT2D eigenvalue weighted by Gasteiger charge is 2.29. The zero-order chi connectivity index (χ0) is 13.5. The van der Waals surface area contributed by atoms with E-state index in [4.69, 9.17) is 0 Å². The molecule has 17 heavy (non-hydrogen) atoms. The lowest BCUT2D eigenvalue weighted by Gasteiger charge is -2.40. The van der Waals surface area contributed by atoms with Crippen LogP contribution in [0, 0.1) is 5.41 Å². The van der Waals surface area contributed by atoms with Crippen LogP contribution in [0.15, 0.2) is 0 Å². The van der Waals surface area contributed by atoms with Crippen LogP contribution in [0.5, 0.6) is 0 Å². The third-order valence-corrected chi connectivity index (χ3v) is 5.01. The molecular formula is C15H31NO. The third kappa shape index (κ3) is 4.33. The van der Waals surface area contributed by atoms with E-state index in [2.05, 4.69) is 41.5 Å². The average molecular weight is 241 g/mol. The molecule has 0 aliphatic heterocycles. The van der Waals surface area contributed by atoms with Crippen LogP contribution in [0.1, 0.15) is 73.6 Å². The maximum atomic E-state index is 11.3. The molecular weight excluding hydrogens is 210 g/mol. The second-order valence-corrected chi connectivity index (χ2v) is 5.77. The summed E-state index contributed by atoms with van der Waals surface area (Å²) in [5.41, 5.74) is 0.411. The number of nitrogens with zero attached hydrogens (tertiary/aromatic N) is 1. The Morgan fingerprint density at radius 2 is 1.41 bits per heavy atom. The molecule has 0 aliphatic rings. The fraction of sp³-hybridized carbons (Fsp3) is 0.933. The molecule has 2 heteroatoms. The number of amides is 1. The van der Waals surface area contributed by atoms with Crippen LogP contribution in [0.2, 0.25) is 0 Å². The number of carbonyl (C=O) groups excluding carboxylic acids is 1. The Labute approximate surface area is 108 Å². The first kappa shape index (κ1) is 16.5. The monoisotopic (exact) mass is 241 g/mol. The molecule has 2 nitrogen and oxygen atoms in total. The first-order valence-electron chi connectivity index (χ1n) is 7.13. The van der Waals surface area contributed by atoms with Gasteiger partial charge in [-0.3, -0.25) is 4.79 Å². The van der Waals surface area contributed by atoms with Crippen molar-refractivity contribution in [2.45, 2.75) is 79.2 Å². The van der Waals surface area contributed by atoms with Crippen molar-refractivity contribution < 1.29 is 4.79 Å². The number of rotatable bonds is 9. The third-order valence-electron chi connectivity index (χ3n) is 5.01. The predicted molar refractivity (Wildman–Crippen MR) is 75.1 cm³/mol. The second kappa shape index (κ2) is 7.03. The topological polar surface area (TPSA) is 20.3 Å². The highest BCUT2D eigenvalue weighted by atomic mass is 16.1. The van der Waals surface area contributed by atoms with Gasteiger partial charge in [-0.1, -0.05) is 47.5 Å². The molecule has 0 aromatic rings. The summed E-state index contributed by atoms with van der Waals surface area (Å²) in [7, 11) is 0. The molecule has 0 heterocycles. The van der Waals surface area contributed by atoms with Crippen molar-refractivity contribution in [3.05, 3.63) is 0 Å². The first-order valence-corrected chi connectivity index (χ1v) is 7.13. The van der Waals surface area contributed by atoms with Crippen molar-refractivity contribution in [1.82, 2.24) is 4.90 Å². The van der Waals surface area contributed by atoms with Gasteiger partial charge in [0.05, 0.1) is 0 Å². The molecule has 0 unspecified atom stereocenters. The molecule has 0 N–H and O–H groups in total. The maximum absolute atomic E-state index is 11.3. The second-order valence-electron chi connectivity index (χ2n) is 5.77. The van der Waals surface area contributed by atoms with E-state index in [-0.39, 0.29) is 5.54 Å². The minimum absolute atomic E-state index is 0.0319. The molecule has 102 valence electrons. The summed E-state index contributed by atoms with van der Waals surface area (Å²) in [4.78, 5) is 13.3.